The van der Waals surface area contributed by atoms with E-state index >= 15 is 0 Å². The van der Waals surface area contributed by atoms with Crippen LogP contribution in [0.25, 0.3) is 0 Å². The van der Waals surface area contributed by atoms with Gasteiger partial charge in [0.2, 0.25) is 0 Å². The molecule has 0 spiro atoms. The molecule has 1 aliphatic heterocycles. The maximum absolute atomic E-state index is 12.8. The van der Waals surface area contributed by atoms with Crippen molar-refractivity contribution in [2.45, 2.75) is 18.8 Å². The normalized spacial score (nSPS) is 28.5. The summed E-state index contributed by atoms with van der Waals surface area (Å²) in [7, 11) is 0. The van der Waals surface area contributed by atoms with Crippen LogP contribution in [-0.2, 0) is 4.84 Å². The van der Waals surface area contributed by atoms with Gasteiger partial charge in [-0.2, -0.15) is 0 Å². The molecule has 15 heavy (non-hydrogen) atoms. The second kappa shape index (κ2) is 3.33. The van der Waals surface area contributed by atoms with E-state index in [9.17, 15) is 4.39 Å². The first kappa shape index (κ1) is 8.89. The first-order chi connectivity index (χ1) is 7.34. The van der Waals surface area contributed by atoms with Crippen LogP contribution in [0.15, 0.2) is 29.4 Å². The summed E-state index contributed by atoms with van der Waals surface area (Å²) in [5.74, 6) is 0.663. The summed E-state index contributed by atoms with van der Waals surface area (Å²) in [5.41, 5.74) is 2.31. The zero-order valence-corrected chi connectivity index (χ0v) is 8.32. The Morgan fingerprint density at radius 2 is 2.00 bits per heavy atom. The van der Waals surface area contributed by atoms with Crippen molar-refractivity contribution in [3.05, 3.63) is 35.6 Å². The lowest BCUT2D eigenvalue weighted by Crippen LogP contribution is -2.10. The Bertz CT molecular complexity index is 399. The van der Waals surface area contributed by atoms with Crippen LogP contribution in [0, 0.1) is 11.7 Å². The Morgan fingerprint density at radius 1 is 1.20 bits per heavy atom. The van der Waals surface area contributed by atoms with E-state index in [-0.39, 0.29) is 5.82 Å². The Morgan fingerprint density at radius 3 is 2.80 bits per heavy atom. The van der Waals surface area contributed by atoms with Gasteiger partial charge in [-0.1, -0.05) is 17.3 Å². The van der Waals surface area contributed by atoms with Crippen molar-refractivity contribution in [1.82, 2.24) is 0 Å². The van der Waals surface area contributed by atoms with Crippen LogP contribution in [0.1, 0.15) is 24.3 Å². The molecule has 1 heterocycles. The molecular weight excluding hydrogens is 193 g/mol. The van der Waals surface area contributed by atoms with E-state index in [4.69, 9.17) is 4.84 Å². The van der Waals surface area contributed by atoms with Crippen LogP contribution in [0.5, 0.6) is 0 Å². The number of oxime groups is 1. The molecule has 78 valence electrons. The highest BCUT2D eigenvalue weighted by Gasteiger charge is 2.37. The zero-order valence-electron chi connectivity index (χ0n) is 8.32. The smallest absolute Gasteiger partial charge is 0.125 e. The van der Waals surface area contributed by atoms with E-state index < -0.39 is 0 Å². The first-order valence-corrected chi connectivity index (χ1v) is 5.30. The van der Waals surface area contributed by atoms with Crippen LogP contribution in [0.3, 0.4) is 0 Å². The third kappa shape index (κ3) is 1.42. The van der Waals surface area contributed by atoms with Crippen molar-refractivity contribution in [3.63, 3.8) is 0 Å². The predicted octanol–water partition coefficient (Wildman–Crippen LogP) is 2.71. The second-order valence-electron chi connectivity index (χ2n) is 4.19. The van der Waals surface area contributed by atoms with E-state index in [0.29, 0.717) is 11.8 Å². The Kier molecular flexibility index (Phi) is 1.97. The lowest BCUT2D eigenvalue weighted by Gasteiger charge is -2.09. The van der Waals surface area contributed by atoms with Crippen molar-refractivity contribution in [2.75, 3.05) is 6.61 Å². The van der Waals surface area contributed by atoms with E-state index in [1.54, 1.807) is 0 Å². The topological polar surface area (TPSA) is 21.6 Å². The molecule has 1 saturated carbocycles. The highest BCUT2D eigenvalue weighted by molar-refractivity contribution is 5.95. The number of hydrogen-bond acceptors (Lipinski definition) is 2. The van der Waals surface area contributed by atoms with E-state index in [2.05, 4.69) is 5.16 Å². The van der Waals surface area contributed by atoms with Crippen LogP contribution >= 0.6 is 0 Å². The molecule has 0 N–H and O–H groups in total. The van der Waals surface area contributed by atoms with Gasteiger partial charge in [0.15, 0.2) is 0 Å². The number of rotatable bonds is 1. The van der Waals surface area contributed by atoms with Gasteiger partial charge >= 0.3 is 0 Å². The summed E-state index contributed by atoms with van der Waals surface area (Å²) in [6.07, 6.45) is 2.25. The molecule has 2 atom stereocenters. The number of benzene rings is 1. The Hall–Kier alpha value is -1.38. The molecule has 2 aliphatic rings. The van der Waals surface area contributed by atoms with Gasteiger partial charge in [0.25, 0.3) is 0 Å². The third-order valence-electron chi connectivity index (χ3n) is 3.30. The Balaban J connectivity index is 1.91. The van der Waals surface area contributed by atoms with Gasteiger partial charge in [-0.15, -0.1) is 0 Å². The number of halogens is 1. The van der Waals surface area contributed by atoms with Gasteiger partial charge in [-0.25, -0.2) is 4.39 Å². The molecular formula is C12H12FNO. The summed E-state index contributed by atoms with van der Waals surface area (Å²) in [5, 5.41) is 4.10. The van der Waals surface area contributed by atoms with Gasteiger partial charge in [0, 0.05) is 11.8 Å². The second-order valence-corrected chi connectivity index (χ2v) is 4.19. The van der Waals surface area contributed by atoms with Crippen LogP contribution < -0.4 is 0 Å². The van der Waals surface area contributed by atoms with Gasteiger partial charge in [-0.05, 0) is 30.5 Å². The Labute approximate surface area is 87.7 Å². The minimum Gasteiger partial charge on any atom is -0.395 e. The van der Waals surface area contributed by atoms with Gasteiger partial charge < -0.3 is 4.84 Å². The maximum Gasteiger partial charge on any atom is 0.125 e. The summed E-state index contributed by atoms with van der Waals surface area (Å²) in [4.78, 5) is 5.10. The molecule has 3 rings (SSSR count). The van der Waals surface area contributed by atoms with Gasteiger partial charge in [-0.3, -0.25) is 0 Å². The molecule has 0 saturated heterocycles. The quantitative estimate of drug-likeness (QED) is 0.690. The summed E-state index contributed by atoms with van der Waals surface area (Å²) in [6, 6.07) is 6.73. The highest BCUT2D eigenvalue weighted by atomic mass is 19.1. The van der Waals surface area contributed by atoms with Gasteiger partial charge in [0.1, 0.15) is 12.4 Å². The molecule has 0 amide bonds. The fourth-order valence-electron chi connectivity index (χ4n) is 2.49. The third-order valence-corrected chi connectivity index (χ3v) is 3.30. The van der Waals surface area contributed by atoms with Crippen molar-refractivity contribution in [3.8, 4) is 0 Å². The SMILES string of the molecule is Fc1ccc([C@H]2CC[C@@H]3CON=C32)cc1. The summed E-state index contributed by atoms with van der Waals surface area (Å²) >= 11 is 0. The fraction of sp³-hybridized carbons (Fsp3) is 0.417. The minimum absolute atomic E-state index is 0.182. The molecule has 1 aliphatic carbocycles. The average molecular weight is 205 g/mol. The minimum atomic E-state index is -0.182. The number of fused-ring (bicyclic) bond motifs is 1. The van der Waals surface area contributed by atoms with Crippen molar-refractivity contribution < 1.29 is 9.23 Å². The molecule has 3 heteroatoms. The molecule has 2 nitrogen and oxygen atoms in total. The molecule has 1 aromatic carbocycles. The van der Waals surface area contributed by atoms with Crippen molar-refractivity contribution in [1.29, 1.82) is 0 Å². The molecule has 1 aromatic rings. The molecule has 0 unspecified atom stereocenters. The monoisotopic (exact) mass is 205 g/mol. The number of nitrogens with zero attached hydrogens (tertiary/aromatic N) is 1. The lowest BCUT2D eigenvalue weighted by molar-refractivity contribution is 0.151. The molecule has 1 fully saturated rings. The molecule has 0 radical (unpaired) electrons. The lowest BCUT2D eigenvalue weighted by atomic mass is 9.95. The van der Waals surface area contributed by atoms with Crippen molar-refractivity contribution >= 4 is 5.71 Å². The highest BCUT2D eigenvalue weighted by Crippen LogP contribution is 2.38. The van der Waals surface area contributed by atoms with Crippen LogP contribution in [0.2, 0.25) is 0 Å². The zero-order chi connectivity index (χ0) is 10.3. The van der Waals surface area contributed by atoms with Crippen LogP contribution in [-0.4, -0.2) is 12.3 Å². The maximum atomic E-state index is 12.8. The summed E-state index contributed by atoms with van der Waals surface area (Å²) < 4.78 is 12.8. The molecule has 0 bridgehead atoms. The summed E-state index contributed by atoms with van der Waals surface area (Å²) in [6.45, 7) is 0.729. The van der Waals surface area contributed by atoms with Gasteiger partial charge in [0.05, 0.1) is 5.71 Å². The number of hydrogen-bond donors (Lipinski definition) is 0. The predicted molar refractivity (Wildman–Crippen MR) is 55.3 cm³/mol. The fourth-order valence-corrected chi connectivity index (χ4v) is 2.49. The average Bonchev–Trinajstić information content (AvgIpc) is 2.80. The first-order valence-electron chi connectivity index (χ1n) is 5.30. The molecule has 0 aromatic heterocycles. The van der Waals surface area contributed by atoms with E-state index in [1.165, 1.54) is 12.1 Å². The van der Waals surface area contributed by atoms with Crippen molar-refractivity contribution in [2.24, 2.45) is 11.1 Å². The van der Waals surface area contributed by atoms with E-state index in [1.807, 2.05) is 12.1 Å². The standard InChI is InChI=1S/C12H12FNO/c13-10-4-1-8(2-5-10)11-6-3-9-7-15-14-12(9)11/h1-2,4-5,9,11H,3,6-7H2/t9-,11-/m1/s1. The van der Waals surface area contributed by atoms with E-state index in [0.717, 1.165) is 30.7 Å². The van der Waals surface area contributed by atoms with Crippen LogP contribution in [0.4, 0.5) is 4.39 Å². The largest absolute Gasteiger partial charge is 0.395 e.